The molecule has 4 rings (SSSR count). The van der Waals surface area contributed by atoms with Gasteiger partial charge in [-0.25, -0.2) is 4.39 Å². The number of amides is 3. The standard InChI is InChI=1S/C23H25FN4O3/c24-16-7-9-17(10-8-16)27(14-11-20(25)29)15-21(30)28-19-6-2-1-5-18(19)26-22(31)23(28)12-3-4-13-23/h1-2,5-10H,3-4,11-15H2,(H2,25,29)(H,26,31). The maximum absolute atomic E-state index is 13.7. The van der Waals surface area contributed by atoms with E-state index in [2.05, 4.69) is 5.32 Å². The Labute approximate surface area is 180 Å². The molecule has 1 heterocycles. The third-order valence-corrected chi connectivity index (χ3v) is 6.07. The Morgan fingerprint density at radius 2 is 1.77 bits per heavy atom. The Hall–Kier alpha value is -3.42. The molecule has 0 bridgehead atoms. The van der Waals surface area contributed by atoms with E-state index >= 15 is 0 Å². The number of anilines is 3. The molecule has 162 valence electrons. The third kappa shape index (κ3) is 3.97. The zero-order valence-electron chi connectivity index (χ0n) is 17.1. The first kappa shape index (κ1) is 20.8. The molecular weight excluding hydrogens is 399 g/mol. The van der Waals surface area contributed by atoms with Crippen molar-refractivity contribution in [2.24, 2.45) is 5.73 Å². The molecule has 1 saturated carbocycles. The molecule has 0 aromatic heterocycles. The summed E-state index contributed by atoms with van der Waals surface area (Å²) in [6.07, 6.45) is 2.96. The van der Waals surface area contributed by atoms with Gasteiger partial charge in [0.25, 0.3) is 5.91 Å². The van der Waals surface area contributed by atoms with Gasteiger partial charge in [0.15, 0.2) is 0 Å². The van der Waals surface area contributed by atoms with Crippen molar-refractivity contribution >= 4 is 34.8 Å². The third-order valence-electron chi connectivity index (χ3n) is 6.07. The number of hydrogen-bond acceptors (Lipinski definition) is 4. The topological polar surface area (TPSA) is 95.7 Å². The van der Waals surface area contributed by atoms with Crippen LogP contribution in [0.5, 0.6) is 0 Å². The lowest BCUT2D eigenvalue weighted by Gasteiger charge is -2.45. The van der Waals surface area contributed by atoms with Crippen molar-refractivity contribution in [1.82, 2.24) is 0 Å². The van der Waals surface area contributed by atoms with Gasteiger partial charge in [-0.2, -0.15) is 0 Å². The van der Waals surface area contributed by atoms with Crippen LogP contribution in [0, 0.1) is 5.82 Å². The molecule has 2 aromatic carbocycles. The Morgan fingerprint density at radius 3 is 2.45 bits per heavy atom. The Balaban J connectivity index is 1.68. The highest BCUT2D eigenvalue weighted by Crippen LogP contribution is 2.45. The van der Waals surface area contributed by atoms with Crippen molar-refractivity contribution in [3.63, 3.8) is 0 Å². The highest BCUT2D eigenvalue weighted by molar-refractivity contribution is 6.15. The monoisotopic (exact) mass is 424 g/mol. The Bertz CT molecular complexity index is 1000. The van der Waals surface area contributed by atoms with Crippen molar-refractivity contribution in [3.05, 3.63) is 54.3 Å². The predicted molar refractivity (Wildman–Crippen MR) is 116 cm³/mol. The molecule has 0 atom stereocenters. The molecular formula is C23H25FN4O3. The fraction of sp³-hybridized carbons (Fsp3) is 0.348. The summed E-state index contributed by atoms with van der Waals surface area (Å²) in [7, 11) is 0. The Morgan fingerprint density at radius 1 is 1.10 bits per heavy atom. The van der Waals surface area contributed by atoms with E-state index in [1.807, 2.05) is 18.2 Å². The number of halogens is 1. The van der Waals surface area contributed by atoms with Crippen LogP contribution < -0.4 is 20.9 Å². The molecule has 0 unspecified atom stereocenters. The molecule has 0 radical (unpaired) electrons. The normalized spacial score (nSPS) is 16.7. The zero-order valence-corrected chi connectivity index (χ0v) is 17.1. The van der Waals surface area contributed by atoms with Gasteiger partial charge in [0, 0.05) is 18.7 Å². The van der Waals surface area contributed by atoms with E-state index in [-0.39, 0.29) is 31.3 Å². The zero-order chi connectivity index (χ0) is 22.0. The second-order valence-electron chi connectivity index (χ2n) is 8.05. The summed E-state index contributed by atoms with van der Waals surface area (Å²) < 4.78 is 13.4. The number of rotatable bonds is 6. The van der Waals surface area contributed by atoms with Gasteiger partial charge in [0.1, 0.15) is 11.4 Å². The smallest absolute Gasteiger partial charge is 0.250 e. The number of nitrogens with zero attached hydrogens (tertiary/aromatic N) is 2. The highest BCUT2D eigenvalue weighted by Gasteiger charge is 2.52. The molecule has 1 aliphatic carbocycles. The van der Waals surface area contributed by atoms with Crippen LogP contribution in [0.25, 0.3) is 0 Å². The quantitative estimate of drug-likeness (QED) is 0.745. The maximum atomic E-state index is 13.7. The van der Waals surface area contributed by atoms with Crippen LogP contribution in [-0.4, -0.2) is 36.3 Å². The van der Waals surface area contributed by atoms with Gasteiger partial charge in [-0.3, -0.25) is 19.3 Å². The van der Waals surface area contributed by atoms with E-state index in [9.17, 15) is 18.8 Å². The summed E-state index contributed by atoms with van der Waals surface area (Å²) in [5, 5.41) is 2.96. The number of carbonyl (C=O) groups excluding carboxylic acids is 3. The van der Waals surface area contributed by atoms with Crippen molar-refractivity contribution in [3.8, 4) is 0 Å². The van der Waals surface area contributed by atoms with E-state index in [4.69, 9.17) is 5.73 Å². The second-order valence-corrected chi connectivity index (χ2v) is 8.05. The summed E-state index contributed by atoms with van der Waals surface area (Å²) in [5.41, 5.74) is 6.28. The van der Waals surface area contributed by atoms with E-state index in [1.165, 1.54) is 12.1 Å². The van der Waals surface area contributed by atoms with Crippen molar-refractivity contribution in [2.75, 3.05) is 28.2 Å². The van der Waals surface area contributed by atoms with Crippen LogP contribution in [-0.2, 0) is 14.4 Å². The fourth-order valence-electron chi connectivity index (χ4n) is 4.56. The van der Waals surface area contributed by atoms with Crippen LogP contribution in [0.1, 0.15) is 32.1 Å². The maximum Gasteiger partial charge on any atom is 0.250 e. The van der Waals surface area contributed by atoms with E-state index in [0.717, 1.165) is 12.8 Å². The number of carbonyl (C=O) groups is 3. The van der Waals surface area contributed by atoms with E-state index in [0.29, 0.717) is 29.9 Å². The number of benzene rings is 2. The molecule has 1 fully saturated rings. The number of para-hydroxylation sites is 2. The minimum atomic E-state index is -0.913. The molecule has 2 aliphatic rings. The van der Waals surface area contributed by atoms with Gasteiger partial charge in [0.2, 0.25) is 11.8 Å². The second kappa shape index (κ2) is 8.37. The lowest BCUT2D eigenvalue weighted by molar-refractivity contribution is -0.126. The molecule has 7 nitrogen and oxygen atoms in total. The number of fused-ring (bicyclic) bond motifs is 1. The molecule has 1 spiro atoms. The van der Waals surface area contributed by atoms with Gasteiger partial charge >= 0.3 is 0 Å². The molecule has 31 heavy (non-hydrogen) atoms. The number of primary amides is 1. The average molecular weight is 424 g/mol. The molecule has 8 heteroatoms. The summed E-state index contributed by atoms with van der Waals surface area (Å²) in [5.74, 6) is -1.30. The van der Waals surface area contributed by atoms with Crippen LogP contribution in [0.4, 0.5) is 21.5 Å². The number of nitrogens with two attached hydrogens (primary N) is 1. The van der Waals surface area contributed by atoms with Crippen molar-refractivity contribution < 1.29 is 18.8 Å². The van der Waals surface area contributed by atoms with Crippen LogP contribution in [0.3, 0.4) is 0 Å². The van der Waals surface area contributed by atoms with Crippen LogP contribution >= 0.6 is 0 Å². The van der Waals surface area contributed by atoms with Crippen LogP contribution in [0.2, 0.25) is 0 Å². The van der Waals surface area contributed by atoms with Gasteiger partial charge in [0.05, 0.1) is 17.9 Å². The van der Waals surface area contributed by atoms with E-state index < -0.39 is 17.3 Å². The fourth-order valence-corrected chi connectivity index (χ4v) is 4.56. The summed E-state index contributed by atoms with van der Waals surface area (Å²) in [4.78, 5) is 41.5. The summed E-state index contributed by atoms with van der Waals surface area (Å²) in [6.45, 7) is 0.143. The minimum absolute atomic E-state index is 0.0485. The molecule has 2 aromatic rings. The summed E-state index contributed by atoms with van der Waals surface area (Å²) >= 11 is 0. The van der Waals surface area contributed by atoms with Crippen molar-refractivity contribution in [1.29, 1.82) is 0 Å². The molecule has 1 aliphatic heterocycles. The van der Waals surface area contributed by atoms with Gasteiger partial charge in [-0.1, -0.05) is 25.0 Å². The van der Waals surface area contributed by atoms with Gasteiger partial charge < -0.3 is 16.0 Å². The summed E-state index contributed by atoms with van der Waals surface area (Å²) in [6, 6.07) is 13.0. The van der Waals surface area contributed by atoms with Crippen molar-refractivity contribution in [2.45, 2.75) is 37.6 Å². The minimum Gasteiger partial charge on any atom is -0.370 e. The Kier molecular flexibility index (Phi) is 5.63. The molecule has 0 saturated heterocycles. The number of hydrogen-bond donors (Lipinski definition) is 2. The van der Waals surface area contributed by atoms with Gasteiger partial charge in [-0.15, -0.1) is 0 Å². The number of nitrogens with one attached hydrogen (secondary N) is 1. The highest BCUT2D eigenvalue weighted by atomic mass is 19.1. The first-order chi connectivity index (χ1) is 14.9. The molecule has 3 amide bonds. The predicted octanol–water partition coefficient (Wildman–Crippen LogP) is 2.81. The largest absolute Gasteiger partial charge is 0.370 e. The van der Waals surface area contributed by atoms with E-state index in [1.54, 1.807) is 28.0 Å². The average Bonchev–Trinajstić information content (AvgIpc) is 3.23. The lowest BCUT2D eigenvalue weighted by atomic mass is 9.89. The SMILES string of the molecule is NC(=O)CCN(CC(=O)N1c2ccccc2NC(=O)C12CCCC2)c1ccc(F)cc1. The van der Waals surface area contributed by atoms with Gasteiger partial charge in [-0.05, 0) is 49.2 Å². The lowest BCUT2D eigenvalue weighted by Crippen LogP contribution is -2.62. The van der Waals surface area contributed by atoms with Crippen LogP contribution in [0.15, 0.2) is 48.5 Å². The first-order valence-corrected chi connectivity index (χ1v) is 10.4. The molecule has 3 N–H and O–H groups in total. The first-order valence-electron chi connectivity index (χ1n) is 10.4.